The van der Waals surface area contributed by atoms with Gasteiger partial charge in [-0.3, -0.25) is 4.79 Å². The Balaban J connectivity index is 1.48. The average molecular weight is 393 g/mol. The van der Waals surface area contributed by atoms with Gasteiger partial charge >= 0.3 is 0 Å². The largest absolute Gasteiger partial charge is 0.497 e. The number of benzene rings is 2. The van der Waals surface area contributed by atoms with Gasteiger partial charge in [0.05, 0.1) is 20.1 Å². The maximum absolute atomic E-state index is 12.9. The molecular weight excluding hydrogens is 370 g/mol. The van der Waals surface area contributed by atoms with Crippen molar-refractivity contribution in [3.63, 3.8) is 0 Å². The van der Waals surface area contributed by atoms with Crippen LogP contribution in [0.3, 0.4) is 0 Å². The zero-order valence-corrected chi connectivity index (χ0v) is 16.5. The molecule has 7 heteroatoms. The van der Waals surface area contributed by atoms with E-state index in [1.165, 1.54) is 0 Å². The monoisotopic (exact) mass is 393 g/mol. The van der Waals surface area contributed by atoms with Crippen LogP contribution in [0, 0.1) is 0 Å². The summed E-state index contributed by atoms with van der Waals surface area (Å²) >= 11 is 0. The van der Waals surface area contributed by atoms with Crippen molar-refractivity contribution in [1.82, 2.24) is 15.0 Å². The smallest absolute Gasteiger partial charge is 0.253 e. The van der Waals surface area contributed by atoms with Crippen LogP contribution >= 0.6 is 0 Å². The number of ether oxygens (including phenoxy) is 2. The summed E-state index contributed by atoms with van der Waals surface area (Å²) in [7, 11) is 3.23. The van der Waals surface area contributed by atoms with Gasteiger partial charge in [0.2, 0.25) is 11.7 Å². The molecule has 29 heavy (non-hydrogen) atoms. The summed E-state index contributed by atoms with van der Waals surface area (Å²) in [6.45, 7) is 1.28. The number of hydrogen-bond acceptors (Lipinski definition) is 6. The molecule has 1 amide bonds. The molecule has 3 aromatic rings. The molecule has 0 spiro atoms. The normalized spacial score (nSPS) is 16.5. The summed E-state index contributed by atoms with van der Waals surface area (Å²) in [6.07, 6.45) is 1.80. The van der Waals surface area contributed by atoms with Crippen molar-refractivity contribution in [2.45, 2.75) is 18.8 Å². The van der Waals surface area contributed by atoms with Gasteiger partial charge in [0.15, 0.2) is 0 Å². The molecule has 1 fully saturated rings. The Morgan fingerprint density at radius 2 is 1.90 bits per heavy atom. The van der Waals surface area contributed by atoms with Crippen LogP contribution in [0.4, 0.5) is 0 Å². The zero-order chi connectivity index (χ0) is 20.2. The molecule has 7 nitrogen and oxygen atoms in total. The first-order valence-electron chi connectivity index (χ1n) is 9.59. The highest BCUT2D eigenvalue weighted by Gasteiger charge is 2.29. The fraction of sp³-hybridized carbons (Fsp3) is 0.318. The van der Waals surface area contributed by atoms with Crippen molar-refractivity contribution in [3.05, 3.63) is 60.0 Å². The lowest BCUT2D eigenvalue weighted by molar-refractivity contribution is 0.0695. The predicted octanol–water partition coefficient (Wildman–Crippen LogP) is 3.77. The van der Waals surface area contributed by atoms with E-state index < -0.39 is 0 Å². The molecule has 1 atom stereocenters. The van der Waals surface area contributed by atoms with E-state index in [-0.39, 0.29) is 11.8 Å². The van der Waals surface area contributed by atoms with Gasteiger partial charge in [-0.15, -0.1) is 0 Å². The highest BCUT2D eigenvalue weighted by atomic mass is 16.5. The van der Waals surface area contributed by atoms with Crippen molar-refractivity contribution in [1.29, 1.82) is 0 Å². The molecule has 2 aromatic carbocycles. The van der Waals surface area contributed by atoms with E-state index in [0.29, 0.717) is 23.8 Å². The summed E-state index contributed by atoms with van der Waals surface area (Å²) in [6, 6.07) is 14.7. The number of carbonyl (C=O) groups is 1. The van der Waals surface area contributed by atoms with Gasteiger partial charge in [0, 0.05) is 24.2 Å². The number of likely N-dealkylation sites (tertiary alicyclic amines) is 1. The second kappa shape index (κ2) is 8.34. The Hall–Kier alpha value is -3.35. The van der Waals surface area contributed by atoms with Gasteiger partial charge < -0.3 is 18.9 Å². The van der Waals surface area contributed by atoms with Crippen LogP contribution in [0.25, 0.3) is 11.4 Å². The summed E-state index contributed by atoms with van der Waals surface area (Å²) in [5.41, 5.74) is 1.48. The Labute approximate surface area is 169 Å². The number of piperidine rings is 1. The van der Waals surface area contributed by atoms with E-state index in [1.54, 1.807) is 38.5 Å². The molecule has 1 aliphatic heterocycles. The Bertz CT molecular complexity index is 984. The number of amides is 1. The first kappa shape index (κ1) is 19.0. The lowest BCUT2D eigenvalue weighted by Gasteiger charge is -2.31. The molecule has 0 saturated carbocycles. The van der Waals surface area contributed by atoms with Crippen LogP contribution in [0.2, 0.25) is 0 Å². The van der Waals surface area contributed by atoms with Crippen molar-refractivity contribution >= 4 is 5.91 Å². The van der Waals surface area contributed by atoms with Crippen LogP contribution in [0.15, 0.2) is 53.1 Å². The van der Waals surface area contributed by atoms with E-state index in [1.807, 2.05) is 29.2 Å². The molecule has 4 rings (SSSR count). The summed E-state index contributed by atoms with van der Waals surface area (Å²) in [5, 5.41) is 4.13. The van der Waals surface area contributed by atoms with E-state index in [0.717, 1.165) is 36.4 Å². The van der Waals surface area contributed by atoms with Gasteiger partial charge in [0.25, 0.3) is 5.91 Å². The zero-order valence-electron chi connectivity index (χ0n) is 16.5. The van der Waals surface area contributed by atoms with Gasteiger partial charge in [-0.2, -0.15) is 4.98 Å². The van der Waals surface area contributed by atoms with Gasteiger partial charge in [-0.25, -0.2) is 0 Å². The van der Waals surface area contributed by atoms with E-state index >= 15 is 0 Å². The van der Waals surface area contributed by atoms with Gasteiger partial charge in [-0.05, 0) is 49.2 Å². The number of carbonyl (C=O) groups excluding carboxylic acids is 1. The highest BCUT2D eigenvalue weighted by Crippen LogP contribution is 2.29. The summed E-state index contributed by atoms with van der Waals surface area (Å²) in [4.78, 5) is 19.3. The molecule has 1 aromatic heterocycles. The third-order valence-electron chi connectivity index (χ3n) is 5.16. The number of nitrogens with zero attached hydrogens (tertiary/aromatic N) is 3. The molecule has 1 saturated heterocycles. The van der Waals surface area contributed by atoms with Crippen LogP contribution in [-0.2, 0) is 0 Å². The second-order valence-corrected chi connectivity index (χ2v) is 7.01. The quantitative estimate of drug-likeness (QED) is 0.657. The molecular formula is C22H23N3O4. The standard InChI is InChI=1S/C22H23N3O4/c1-27-18-10-8-15(9-11-18)22(26)25-12-4-6-17(14-25)21-23-20(24-29-21)16-5-3-7-19(13-16)28-2/h3,5,7-11,13,17H,4,6,12,14H2,1-2H3/t17-/m0/s1. The number of aromatic nitrogens is 2. The molecule has 0 unspecified atom stereocenters. The van der Waals surface area contributed by atoms with Crippen LogP contribution < -0.4 is 9.47 Å². The predicted molar refractivity (Wildman–Crippen MR) is 107 cm³/mol. The van der Waals surface area contributed by atoms with Crippen molar-refractivity contribution in [2.75, 3.05) is 27.3 Å². The lowest BCUT2D eigenvalue weighted by Crippen LogP contribution is -2.39. The molecule has 1 aliphatic rings. The van der Waals surface area contributed by atoms with Gasteiger partial charge in [0.1, 0.15) is 11.5 Å². The summed E-state index contributed by atoms with van der Waals surface area (Å²) < 4.78 is 16.0. The SMILES string of the molecule is COc1ccc(C(=O)N2CCC[C@H](c3nc(-c4cccc(OC)c4)no3)C2)cc1. The first-order chi connectivity index (χ1) is 14.2. The maximum atomic E-state index is 12.9. The molecule has 0 bridgehead atoms. The molecule has 150 valence electrons. The van der Waals surface area contributed by atoms with Gasteiger partial charge in [-0.1, -0.05) is 17.3 Å². The van der Waals surface area contributed by atoms with Crippen molar-refractivity contribution in [2.24, 2.45) is 0 Å². The minimum atomic E-state index is 0.00453. The van der Waals surface area contributed by atoms with Crippen LogP contribution in [0.5, 0.6) is 11.5 Å². The fourth-order valence-electron chi connectivity index (χ4n) is 3.56. The summed E-state index contributed by atoms with van der Waals surface area (Å²) in [5.74, 6) is 2.59. The minimum Gasteiger partial charge on any atom is -0.497 e. The Morgan fingerprint density at radius 1 is 1.10 bits per heavy atom. The number of methoxy groups -OCH3 is 2. The number of hydrogen-bond donors (Lipinski definition) is 0. The average Bonchev–Trinajstić information content (AvgIpc) is 3.29. The molecule has 0 radical (unpaired) electrons. The molecule has 0 N–H and O–H groups in total. The maximum Gasteiger partial charge on any atom is 0.253 e. The Kier molecular flexibility index (Phi) is 5.46. The third-order valence-corrected chi connectivity index (χ3v) is 5.16. The van der Waals surface area contributed by atoms with Crippen molar-refractivity contribution in [3.8, 4) is 22.9 Å². The van der Waals surface area contributed by atoms with E-state index in [4.69, 9.17) is 14.0 Å². The molecule has 0 aliphatic carbocycles. The molecule has 2 heterocycles. The van der Waals surface area contributed by atoms with E-state index in [9.17, 15) is 4.79 Å². The Morgan fingerprint density at radius 3 is 2.66 bits per heavy atom. The number of rotatable bonds is 5. The lowest BCUT2D eigenvalue weighted by atomic mass is 9.97. The van der Waals surface area contributed by atoms with Crippen LogP contribution in [-0.4, -0.2) is 48.3 Å². The fourth-order valence-corrected chi connectivity index (χ4v) is 3.56. The third kappa shape index (κ3) is 4.08. The topological polar surface area (TPSA) is 77.7 Å². The second-order valence-electron chi connectivity index (χ2n) is 7.01. The van der Waals surface area contributed by atoms with Crippen molar-refractivity contribution < 1.29 is 18.8 Å². The van der Waals surface area contributed by atoms with Crippen LogP contribution in [0.1, 0.15) is 35.0 Å². The minimum absolute atomic E-state index is 0.00453. The first-order valence-corrected chi connectivity index (χ1v) is 9.59. The van der Waals surface area contributed by atoms with E-state index in [2.05, 4.69) is 10.1 Å². The highest BCUT2D eigenvalue weighted by molar-refractivity contribution is 5.94.